The van der Waals surface area contributed by atoms with Crippen LogP contribution in [0.3, 0.4) is 0 Å². The fraction of sp³-hybridized carbons (Fsp3) is 0.737. The highest BCUT2D eigenvalue weighted by atomic mass is 16.3. The molecule has 22 heavy (non-hydrogen) atoms. The van der Waals surface area contributed by atoms with Crippen molar-refractivity contribution in [2.75, 3.05) is 0 Å². The Morgan fingerprint density at radius 1 is 1.18 bits per heavy atom. The lowest BCUT2D eigenvalue weighted by molar-refractivity contribution is -0.0475. The minimum Gasteiger partial charge on any atom is -0.389 e. The first kappa shape index (κ1) is 14.6. The molecular weight excluding hydrogens is 274 g/mol. The molecule has 0 aromatic carbocycles. The molecule has 0 aromatic heterocycles. The van der Waals surface area contributed by atoms with Crippen LogP contribution in [0.25, 0.3) is 0 Å². The highest BCUT2D eigenvalue weighted by Crippen LogP contribution is 2.62. The third-order valence-corrected chi connectivity index (χ3v) is 7.44. The second kappa shape index (κ2) is 4.55. The summed E-state index contributed by atoms with van der Waals surface area (Å²) in [5.41, 5.74) is 2.10. The van der Waals surface area contributed by atoms with Gasteiger partial charge in [0.15, 0.2) is 0 Å². The van der Waals surface area contributed by atoms with Gasteiger partial charge in [0.25, 0.3) is 0 Å². The quantitative estimate of drug-likeness (QED) is 0.602. The molecule has 2 unspecified atom stereocenters. The summed E-state index contributed by atoms with van der Waals surface area (Å²) in [5.74, 6) is 1.13. The zero-order valence-electron chi connectivity index (χ0n) is 13.5. The molecule has 0 spiro atoms. The van der Waals surface area contributed by atoms with E-state index in [-0.39, 0.29) is 16.7 Å². The molecule has 3 nitrogen and oxygen atoms in total. The smallest absolute Gasteiger partial charge is 0.0758 e. The van der Waals surface area contributed by atoms with E-state index in [1.807, 2.05) is 12.2 Å². The van der Waals surface area contributed by atoms with Gasteiger partial charge in [-0.3, -0.25) is 0 Å². The van der Waals surface area contributed by atoms with Crippen molar-refractivity contribution in [1.82, 2.24) is 0 Å². The molecule has 0 aromatic rings. The largest absolute Gasteiger partial charge is 0.389 e. The predicted octanol–water partition coefficient (Wildman–Crippen LogP) is 3.08. The third-order valence-electron chi connectivity index (χ3n) is 7.44. The van der Waals surface area contributed by atoms with Crippen molar-refractivity contribution in [1.29, 1.82) is 5.41 Å². The second-order valence-corrected chi connectivity index (χ2v) is 8.36. The van der Waals surface area contributed by atoms with Crippen LogP contribution in [0.2, 0.25) is 0 Å². The van der Waals surface area contributed by atoms with Crippen molar-refractivity contribution >= 4 is 5.71 Å². The minimum atomic E-state index is -0.415. The summed E-state index contributed by atoms with van der Waals surface area (Å²) in [4.78, 5) is 0. The van der Waals surface area contributed by atoms with E-state index in [0.717, 1.165) is 31.4 Å². The fourth-order valence-electron chi connectivity index (χ4n) is 6.04. The van der Waals surface area contributed by atoms with Gasteiger partial charge in [0.1, 0.15) is 0 Å². The molecule has 0 heterocycles. The summed E-state index contributed by atoms with van der Waals surface area (Å²) >= 11 is 0. The molecule has 7 atom stereocenters. The second-order valence-electron chi connectivity index (χ2n) is 8.36. The first-order valence-electron chi connectivity index (χ1n) is 8.71. The van der Waals surface area contributed by atoms with Gasteiger partial charge in [0.05, 0.1) is 12.2 Å². The van der Waals surface area contributed by atoms with Crippen LogP contribution in [-0.2, 0) is 0 Å². The van der Waals surface area contributed by atoms with Crippen LogP contribution >= 0.6 is 0 Å². The Balaban J connectivity index is 1.78. The average Bonchev–Trinajstić information content (AvgIpc) is 2.77. The highest BCUT2D eigenvalue weighted by molar-refractivity contribution is 5.89. The highest BCUT2D eigenvalue weighted by Gasteiger charge is 2.59. The molecule has 4 rings (SSSR count). The summed E-state index contributed by atoms with van der Waals surface area (Å²) in [6.07, 6.45) is 10.1. The Hall–Kier alpha value is -0.930. The van der Waals surface area contributed by atoms with E-state index in [9.17, 15) is 10.2 Å². The average molecular weight is 301 g/mol. The summed E-state index contributed by atoms with van der Waals surface area (Å²) in [5, 5.41) is 29.1. The third kappa shape index (κ3) is 1.73. The van der Waals surface area contributed by atoms with E-state index >= 15 is 0 Å². The molecule has 4 aliphatic carbocycles. The lowest BCUT2D eigenvalue weighted by Crippen LogP contribution is -2.53. The van der Waals surface area contributed by atoms with Gasteiger partial charge in [-0.05, 0) is 49.9 Å². The first-order valence-corrected chi connectivity index (χ1v) is 8.71. The maximum Gasteiger partial charge on any atom is 0.0758 e. The van der Waals surface area contributed by atoms with Gasteiger partial charge in [-0.25, -0.2) is 0 Å². The SMILES string of the molecule is C[C@]12C=CC(O)CC1=CC(O)[C@@H]1[C@H]2CC[C@]2(C)C(=N)CC[C@@H]12. The van der Waals surface area contributed by atoms with E-state index < -0.39 is 12.2 Å². The maximum atomic E-state index is 10.8. The number of nitrogens with one attached hydrogen (secondary N) is 1. The van der Waals surface area contributed by atoms with Gasteiger partial charge in [0.2, 0.25) is 0 Å². The normalized spacial score (nSPS) is 53.5. The molecule has 0 aliphatic heterocycles. The maximum absolute atomic E-state index is 10.8. The standard InChI is InChI=1S/C19H27NO2/c1-18-7-5-12(21)9-11(18)10-15(22)17-13-3-4-16(20)19(13,2)8-6-14(17)18/h5,7,10,12-15,17,20-22H,3-4,6,8-9H2,1-2H3/t12?,13-,14+,15?,17-,18-,19-/m0/s1. The molecular formula is C19H27NO2. The fourth-order valence-corrected chi connectivity index (χ4v) is 6.04. The Morgan fingerprint density at radius 2 is 1.95 bits per heavy atom. The van der Waals surface area contributed by atoms with Crippen molar-refractivity contribution in [3.63, 3.8) is 0 Å². The molecule has 0 saturated heterocycles. The van der Waals surface area contributed by atoms with E-state index in [1.54, 1.807) is 0 Å². The molecule has 0 radical (unpaired) electrons. The number of aliphatic hydroxyl groups excluding tert-OH is 2. The Morgan fingerprint density at radius 3 is 2.73 bits per heavy atom. The number of aliphatic hydroxyl groups is 2. The van der Waals surface area contributed by atoms with Gasteiger partial charge < -0.3 is 15.6 Å². The zero-order chi connectivity index (χ0) is 15.7. The molecule has 3 heteroatoms. The molecule has 2 fully saturated rings. The number of hydrogen-bond acceptors (Lipinski definition) is 3. The molecule has 0 amide bonds. The molecule has 4 aliphatic rings. The van der Waals surface area contributed by atoms with Crippen molar-refractivity contribution in [3.8, 4) is 0 Å². The summed E-state index contributed by atoms with van der Waals surface area (Å²) < 4.78 is 0. The Bertz CT molecular complexity index is 580. The van der Waals surface area contributed by atoms with Crippen LogP contribution in [0.4, 0.5) is 0 Å². The lowest BCUT2D eigenvalue weighted by Gasteiger charge is -2.56. The molecule has 2 saturated carbocycles. The van der Waals surface area contributed by atoms with Gasteiger partial charge in [0, 0.05) is 16.5 Å². The molecule has 120 valence electrons. The van der Waals surface area contributed by atoms with E-state index in [4.69, 9.17) is 5.41 Å². The van der Waals surface area contributed by atoms with Gasteiger partial charge >= 0.3 is 0 Å². The lowest BCUT2D eigenvalue weighted by atomic mass is 9.48. The summed E-state index contributed by atoms with van der Waals surface area (Å²) in [6, 6.07) is 0. The van der Waals surface area contributed by atoms with Crippen LogP contribution in [-0.4, -0.2) is 28.1 Å². The zero-order valence-corrected chi connectivity index (χ0v) is 13.5. The van der Waals surface area contributed by atoms with Crippen molar-refractivity contribution in [2.24, 2.45) is 28.6 Å². The van der Waals surface area contributed by atoms with E-state index in [2.05, 4.69) is 19.9 Å². The van der Waals surface area contributed by atoms with Crippen molar-refractivity contribution in [3.05, 3.63) is 23.8 Å². The number of hydrogen-bond donors (Lipinski definition) is 3. The monoisotopic (exact) mass is 301 g/mol. The molecule has 0 bridgehead atoms. The van der Waals surface area contributed by atoms with Gasteiger partial charge in [-0.15, -0.1) is 0 Å². The van der Waals surface area contributed by atoms with Gasteiger partial charge in [-0.1, -0.05) is 37.6 Å². The van der Waals surface area contributed by atoms with Crippen LogP contribution in [0.15, 0.2) is 23.8 Å². The van der Waals surface area contributed by atoms with Crippen LogP contribution in [0.5, 0.6) is 0 Å². The van der Waals surface area contributed by atoms with E-state index in [1.165, 1.54) is 5.57 Å². The Labute approximate surface area is 132 Å². The minimum absolute atomic E-state index is 0.00173. The molecule has 3 N–H and O–H groups in total. The summed E-state index contributed by atoms with van der Waals surface area (Å²) in [6.45, 7) is 4.53. The topological polar surface area (TPSA) is 64.3 Å². The van der Waals surface area contributed by atoms with E-state index in [0.29, 0.717) is 18.3 Å². The number of fused-ring (bicyclic) bond motifs is 5. The first-order chi connectivity index (χ1) is 10.4. The predicted molar refractivity (Wildman–Crippen MR) is 86.7 cm³/mol. The van der Waals surface area contributed by atoms with Crippen molar-refractivity contribution in [2.45, 2.75) is 58.2 Å². The van der Waals surface area contributed by atoms with Gasteiger partial charge in [-0.2, -0.15) is 0 Å². The number of allylic oxidation sites excluding steroid dienone is 1. The van der Waals surface area contributed by atoms with Crippen LogP contribution in [0.1, 0.15) is 46.0 Å². The Kier molecular flexibility index (Phi) is 3.03. The van der Waals surface area contributed by atoms with Crippen LogP contribution < -0.4 is 0 Å². The summed E-state index contributed by atoms with van der Waals surface area (Å²) in [7, 11) is 0. The van der Waals surface area contributed by atoms with Crippen LogP contribution in [0, 0.1) is 34.0 Å². The number of rotatable bonds is 0. The van der Waals surface area contributed by atoms with Crippen molar-refractivity contribution < 1.29 is 10.2 Å².